The molecule has 5 heteroatoms. The highest BCUT2D eigenvalue weighted by Crippen LogP contribution is 2.48. The molecule has 1 aliphatic heterocycles. The van der Waals surface area contributed by atoms with Gasteiger partial charge in [0, 0.05) is 31.8 Å². The van der Waals surface area contributed by atoms with E-state index in [1.54, 1.807) is 0 Å². The van der Waals surface area contributed by atoms with Crippen LogP contribution in [0.4, 0.5) is 0 Å². The quantitative estimate of drug-likeness (QED) is 0.847. The van der Waals surface area contributed by atoms with Crippen molar-refractivity contribution in [3.63, 3.8) is 0 Å². The van der Waals surface area contributed by atoms with Crippen LogP contribution in [0.5, 0.6) is 0 Å². The predicted molar refractivity (Wildman–Crippen MR) is 117 cm³/mol. The lowest BCUT2D eigenvalue weighted by atomic mass is 9.72. The van der Waals surface area contributed by atoms with Crippen molar-refractivity contribution in [2.45, 2.75) is 31.6 Å². The second-order valence-electron chi connectivity index (χ2n) is 8.21. The minimum absolute atomic E-state index is 0.0859. The highest BCUT2D eigenvalue weighted by atomic mass is 16.1. The lowest BCUT2D eigenvalue weighted by Crippen LogP contribution is -2.46. The van der Waals surface area contributed by atoms with E-state index in [-0.39, 0.29) is 11.7 Å². The Morgan fingerprint density at radius 2 is 1.70 bits per heavy atom. The Hall–Kier alpha value is -3.36. The normalized spacial score (nSPS) is 21.7. The van der Waals surface area contributed by atoms with Gasteiger partial charge >= 0.3 is 0 Å². The standard InChI is InChI=1S/C25H26N4O/c1-16-9-11-18(12-10-16)23-20(15-26)25(27)29(28(2)3)21-13-19(14-22(30)24(21)23)17-7-5-4-6-8-17/h4-12,19,23H,13-14,27H2,1-3H3/t19-,23-/m1/s1. The molecule has 0 saturated carbocycles. The van der Waals surface area contributed by atoms with Crippen molar-refractivity contribution < 1.29 is 4.79 Å². The van der Waals surface area contributed by atoms with Crippen LogP contribution in [0.1, 0.15) is 41.4 Å². The summed E-state index contributed by atoms with van der Waals surface area (Å²) in [5.74, 6) is 0.150. The van der Waals surface area contributed by atoms with Gasteiger partial charge < -0.3 is 5.73 Å². The number of rotatable bonds is 3. The van der Waals surface area contributed by atoms with Crippen molar-refractivity contribution >= 4 is 5.78 Å². The summed E-state index contributed by atoms with van der Waals surface area (Å²) in [6.07, 6.45) is 1.14. The zero-order valence-corrected chi connectivity index (χ0v) is 17.6. The van der Waals surface area contributed by atoms with Crippen LogP contribution in [0.3, 0.4) is 0 Å². The third kappa shape index (κ3) is 3.30. The van der Waals surface area contributed by atoms with Crippen LogP contribution in [0.2, 0.25) is 0 Å². The van der Waals surface area contributed by atoms with Crippen LogP contribution in [-0.2, 0) is 4.79 Å². The van der Waals surface area contributed by atoms with Crippen LogP contribution >= 0.6 is 0 Å². The number of nitrogens with two attached hydrogens (primary N) is 1. The Balaban J connectivity index is 1.89. The maximum atomic E-state index is 13.5. The minimum Gasteiger partial charge on any atom is -0.383 e. The molecule has 0 fully saturated rings. The van der Waals surface area contributed by atoms with Crippen LogP contribution in [0.15, 0.2) is 77.3 Å². The topological polar surface area (TPSA) is 73.4 Å². The fourth-order valence-electron chi connectivity index (χ4n) is 4.62. The fourth-order valence-corrected chi connectivity index (χ4v) is 4.62. The number of Topliss-reactive ketones (excluding diaryl/α,β-unsaturated/α-hetero) is 1. The molecule has 2 aromatic carbocycles. The number of carbonyl (C=O) groups excluding carboxylic acids is 1. The summed E-state index contributed by atoms with van der Waals surface area (Å²) in [4.78, 5) is 13.5. The predicted octanol–water partition coefficient (Wildman–Crippen LogP) is 3.97. The summed E-state index contributed by atoms with van der Waals surface area (Å²) in [5, 5.41) is 13.7. The van der Waals surface area contributed by atoms with Gasteiger partial charge in [0.05, 0.1) is 17.6 Å². The number of nitrogens with zero attached hydrogens (tertiary/aromatic N) is 3. The average molecular weight is 399 g/mol. The van der Waals surface area contributed by atoms with E-state index in [0.29, 0.717) is 29.8 Å². The summed E-state index contributed by atoms with van der Waals surface area (Å²) < 4.78 is 0. The number of allylic oxidation sites excluding steroid dienone is 3. The maximum Gasteiger partial charge on any atom is 0.162 e. The molecule has 0 aromatic heterocycles. The van der Waals surface area contributed by atoms with Gasteiger partial charge in [-0.2, -0.15) is 5.26 Å². The first kappa shape index (κ1) is 19.9. The lowest BCUT2D eigenvalue weighted by molar-refractivity contribution is -0.117. The Bertz CT molecular complexity index is 1070. The van der Waals surface area contributed by atoms with Crippen molar-refractivity contribution in [2.75, 3.05) is 14.1 Å². The molecule has 0 unspecified atom stereocenters. The van der Waals surface area contributed by atoms with Crippen molar-refractivity contribution in [1.82, 2.24) is 10.0 Å². The number of benzene rings is 2. The van der Waals surface area contributed by atoms with Crippen molar-refractivity contribution in [1.29, 1.82) is 5.26 Å². The molecular weight excluding hydrogens is 372 g/mol. The van der Waals surface area contributed by atoms with Crippen LogP contribution in [0, 0.1) is 18.3 Å². The molecule has 0 radical (unpaired) electrons. The number of hydrazine groups is 1. The first-order valence-corrected chi connectivity index (χ1v) is 10.2. The molecule has 2 aliphatic rings. The zero-order chi connectivity index (χ0) is 21.4. The van der Waals surface area contributed by atoms with E-state index in [1.807, 2.05) is 73.5 Å². The molecule has 152 valence electrons. The first-order valence-electron chi connectivity index (χ1n) is 10.2. The van der Waals surface area contributed by atoms with E-state index in [9.17, 15) is 10.1 Å². The largest absolute Gasteiger partial charge is 0.383 e. The highest BCUT2D eigenvalue weighted by Gasteiger charge is 2.43. The van der Waals surface area contributed by atoms with Gasteiger partial charge in [0.15, 0.2) is 5.78 Å². The molecule has 1 heterocycles. The molecule has 2 aromatic rings. The van der Waals surface area contributed by atoms with E-state index in [0.717, 1.165) is 22.4 Å². The number of carbonyl (C=O) groups is 1. The minimum atomic E-state index is -0.425. The second kappa shape index (κ2) is 7.81. The summed E-state index contributed by atoms with van der Waals surface area (Å²) >= 11 is 0. The molecule has 2 atom stereocenters. The van der Waals surface area contributed by atoms with E-state index in [1.165, 1.54) is 0 Å². The summed E-state index contributed by atoms with van der Waals surface area (Å²) in [5.41, 5.74) is 11.8. The van der Waals surface area contributed by atoms with Gasteiger partial charge in [-0.1, -0.05) is 60.2 Å². The molecule has 0 bridgehead atoms. The molecule has 2 N–H and O–H groups in total. The van der Waals surface area contributed by atoms with Gasteiger partial charge in [-0.25, -0.2) is 5.01 Å². The zero-order valence-electron chi connectivity index (χ0n) is 17.6. The van der Waals surface area contributed by atoms with Gasteiger partial charge in [-0.3, -0.25) is 9.80 Å². The van der Waals surface area contributed by atoms with Crippen molar-refractivity contribution in [3.05, 3.63) is 94.0 Å². The molecule has 0 amide bonds. The smallest absolute Gasteiger partial charge is 0.162 e. The molecule has 1 aliphatic carbocycles. The van der Waals surface area contributed by atoms with Crippen LogP contribution < -0.4 is 5.73 Å². The third-order valence-corrected chi connectivity index (χ3v) is 6.02. The lowest BCUT2D eigenvalue weighted by Gasteiger charge is -2.43. The van der Waals surface area contributed by atoms with E-state index in [2.05, 4.69) is 18.2 Å². The van der Waals surface area contributed by atoms with Gasteiger partial charge in [0.25, 0.3) is 0 Å². The number of hydrogen-bond acceptors (Lipinski definition) is 5. The summed E-state index contributed by atoms with van der Waals surface area (Å²) in [7, 11) is 3.77. The molecule has 30 heavy (non-hydrogen) atoms. The Kier molecular flexibility index (Phi) is 5.19. The van der Waals surface area contributed by atoms with E-state index < -0.39 is 5.92 Å². The summed E-state index contributed by atoms with van der Waals surface area (Å²) in [6, 6.07) is 20.5. The van der Waals surface area contributed by atoms with E-state index in [4.69, 9.17) is 5.73 Å². The fraction of sp³-hybridized carbons (Fsp3) is 0.280. The Labute approximate surface area is 177 Å². The highest BCUT2D eigenvalue weighted by molar-refractivity contribution is 6.00. The summed E-state index contributed by atoms with van der Waals surface area (Å²) in [6.45, 7) is 2.02. The first-order chi connectivity index (χ1) is 14.4. The average Bonchev–Trinajstić information content (AvgIpc) is 2.73. The number of hydrogen-bond donors (Lipinski definition) is 1. The van der Waals surface area contributed by atoms with Gasteiger partial charge in [-0.05, 0) is 30.4 Å². The molecular formula is C25H26N4O. The molecule has 0 spiro atoms. The van der Waals surface area contributed by atoms with Gasteiger partial charge in [0.1, 0.15) is 5.82 Å². The molecule has 0 saturated heterocycles. The Morgan fingerprint density at radius 3 is 2.30 bits per heavy atom. The molecule has 4 rings (SSSR count). The van der Waals surface area contributed by atoms with E-state index >= 15 is 0 Å². The van der Waals surface area contributed by atoms with Crippen LogP contribution in [-0.4, -0.2) is 29.9 Å². The number of nitriles is 1. The van der Waals surface area contributed by atoms with Gasteiger partial charge in [-0.15, -0.1) is 0 Å². The van der Waals surface area contributed by atoms with Crippen molar-refractivity contribution in [3.8, 4) is 6.07 Å². The van der Waals surface area contributed by atoms with Gasteiger partial charge in [0.2, 0.25) is 0 Å². The van der Waals surface area contributed by atoms with Crippen molar-refractivity contribution in [2.24, 2.45) is 5.73 Å². The third-order valence-electron chi connectivity index (χ3n) is 6.02. The SMILES string of the molecule is Cc1ccc([C@@H]2C(C#N)=C(N)N(N(C)C)C3=C2C(=O)C[C@H](c2ccccc2)C3)cc1. The Morgan fingerprint density at radius 1 is 1.03 bits per heavy atom. The monoisotopic (exact) mass is 398 g/mol. The number of ketones is 1. The van der Waals surface area contributed by atoms with Crippen LogP contribution in [0.25, 0.3) is 0 Å². The second-order valence-corrected chi connectivity index (χ2v) is 8.21. The number of aryl methyl sites for hydroxylation is 1. The maximum absolute atomic E-state index is 13.5. The molecule has 5 nitrogen and oxygen atoms in total.